The van der Waals surface area contributed by atoms with Gasteiger partial charge in [0, 0.05) is 20.1 Å². The molecule has 0 aliphatic rings. The Morgan fingerprint density at radius 3 is 2.28 bits per heavy atom. The van der Waals surface area contributed by atoms with E-state index in [1.54, 1.807) is 47.4 Å². The highest BCUT2D eigenvalue weighted by molar-refractivity contribution is 7.89. The lowest BCUT2D eigenvalue weighted by atomic mass is 10.1. The molecule has 1 N–H and O–H groups in total. The van der Waals surface area contributed by atoms with Gasteiger partial charge < -0.3 is 9.47 Å². The van der Waals surface area contributed by atoms with Crippen LogP contribution in [0.25, 0.3) is 11.0 Å². The molecule has 0 radical (unpaired) electrons. The number of aryl methyl sites for hydroxylation is 2. The molecule has 29 heavy (non-hydrogen) atoms. The summed E-state index contributed by atoms with van der Waals surface area (Å²) in [7, 11) is 2.64. The molecule has 1 heterocycles. The lowest BCUT2D eigenvalue weighted by molar-refractivity contribution is 0.354. The third kappa shape index (κ3) is 4.01. The van der Waals surface area contributed by atoms with Gasteiger partial charge in [-0.2, -0.15) is 0 Å². The summed E-state index contributed by atoms with van der Waals surface area (Å²) < 4.78 is 41.8. The first-order valence-electron chi connectivity index (χ1n) is 9.06. The van der Waals surface area contributed by atoms with E-state index in [0.717, 1.165) is 5.56 Å². The summed E-state index contributed by atoms with van der Waals surface area (Å²) in [4.78, 5) is 12.2. The largest absolute Gasteiger partial charge is 0.493 e. The van der Waals surface area contributed by atoms with Crippen molar-refractivity contribution >= 4 is 21.1 Å². The molecule has 3 rings (SSSR count). The number of rotatable bonds is 7. The second-order valence-electron chi connectivity index (χ2n) is 6.97. The van der Waals surface area contributed by atoms with Crippen molar-refractivity contribution in [3.8, 4) is 11.5 Å². The van der Waals surface area contributed by atoms with Crippen LogP contribution in [-0.2, 0) is 30.5 Å². The molecule has 0 aliphatic carbocycles. The molecule has 0 fully saturated rings. The molecule has 3 aromatic rings. The number of imidazole rings is 1. The van der Waals surface area contributed by atoms with Crippen LogP contribution in [0.4, 0.5) is 0 Å². The maximum atomic E-state index is 12.9. The molecule has 0 saturated heterocycles. The molecule has 0 saturated carbocycles. The molecule has 8 nitrogen and oxygen atoms in total. The molecule has 0 aliphatic heterocycles. The van der Waals surface area contributed by atoms with E-state index in [1.807, 2.05) is 12.1 Å². The van der Waals surface area contributed by atoms with Crippen molar-refractivity contribution in [1.29, 1.82) is 0 Å². The van der Waals surface area contributed by atoms with Crippen LogP contribution in [-0.4, -0.2) is 37.8 Å². The van der Waals surface area contributed by atoms with E-state index < -0.39 is 10.0 Å². The third-order valence-corrected chi connectivity index (χ3v) is 6.49. The molecular formula is C20H25N3O5S. The van der Waals surface area contributed by atoms with Gasteiger partial charge in [0.25, 0.3) is 0 Å². The first-order valence-corrected chi connectivity index (χ1v) is 10.5. The van der Waals surface area contributed by atoms with Gasteiger partial charge in [-0.25, -0.2) is 17.9 Å². The standard InChI is InChI=1S/C20H25N3O5S/c1-13(10-14-6-9-18(27-4)19(11-14)28-5)21-29(25,26)15-7-8-16-17(12-15)23(3)20(24)22(16)2/h6-9,11-13,21H,10H2,1-5H3/t13-/m0/s1. The van der Waals surface area contributed by atoms with Gasteiger partial charge in [0.2, 0.25) is 10.0 Å². The number of methoxy groups -OCH3 is 2. The van der Waals surface area contributed by atoms with Gasteiger partial charge in [0.1, 0.15) is 0 Å². The van der Waals surface area contributed by atoms with Gasteiger partial charge >= 0.3 is 5.69 Å². The van der Waals surface area contributed by atoms with Crippen molar-refractivity contribution in [3.05, 3.63) is 52.4 Å². The molecule has 9 heteroatoms. The quantitative estimate of drug-likeness (QED) is 0.631. The molecule has 0 unspecified atom stereocenters. The maximum Gasteiger partial charge on any atom is 0.328 e. The Kier molecular flexibility index (Phi) is 5.72. The Balaban J connectivity index is 1.83. The summed E-state index contributed by atoms with van der Waals surface area (Å²) in [5.41, 5.74) is 1.95. The topological polar surface area (TPSA) is 91.6 Å². The molecule has 0 amide bonds. The number of nitrogens with zero attached hydrogens (tertiary/aromatic N) is 2. The molecule has 0 spiro atoms. The fourth-order valence-corrected chi connectivity index (χ4v) is 4.65. The van der Waals surface area contributed by atoms with E-state index in [9.17, 15) is 13.2 Å². The van der Waals surface area contributed by atoms with Gasteiger partial charge in [-0.15, -0.1) is 0 Å². The number of nitrogens with one attached hydrogen (secondary N) is 1. The Morgan fingerprint density at radius 1 is 0.966 bits per heavy atom. The van der Waals surface area contributed by atoms with Crippen LogP contribution >= 0.6 is 0 Å². The molecule has 1 atom stereocenters. The van der Waals surface area contributed by atoms with Crippen molar-refractivity contribution in [2.75, 3.05) is 14.2 Å². The van der Waals surface area contributed by atoms with Gasteiger partial charge in [0.05, 0.1) is 30.1 Å². The van der Waals surface area contributed by atoms with Crippen LogP contribution in [0, 0.1) is 0 Å². The first kappa shape index (κ1) is 20.9. The summed E-state index contributed by atoms with van der Waals surface area (Å²) in [5, 5.41) is 0. The smallest absolute Gasteiger partial charge is 0.328 e. The molecule has 1 aromatic heterocycles. The Labute approximate surface area is 169 Å². The van der Waals surface area contributed by atoms with E-state index in [1.165, 1.54) is 21.3 Å². The first-order chi connectivity index (χ1) is 13.7. The van der Waals surface area contributed by atoms with Gasteiger partial charge in [-0.3, -0.25) is 9.13 Å². The predicted molar refractivity (Wildman–Crippen MR) is 111 cm³/mol. The van der Waals surface area contributed by atoms with Crippen LogP contribution in [0.15, 0.2) is 46.1 Å². The van der Waals surface area contributed by atoms with Crippen LogP contribution in [0.5, 0.6) is 11.5 Å². The van der Waals surface area contributed by atoms with Crippen molar-refractivity contribution in [2.45, 2.75) is 24.3 Å². The zero-order valence-corrected chi connectivity index (χ0v) is 17.9. The highest BCUT2D eigenvalue weighted by atomic mass is 32.2. The SMILES string of the molecule is COc1ccc(C[C@H](C)NS(=O)(=O)c2ccc3c(c2)n(C)c(=O)n3C)cc1OC. The third-order valence-electron chi connectivity index (χ3n) is 4.90. The number of hydrogen-bond acceptors (Lipinski definition) is 5. The number of aromatic nitrogens is 2. The van der Waals surface area contributed by atoms with E-state index in [0.29, 0.717) is 29.0 Å². The fourth-order valence-electron chi connectivity index (χ4n) is 3.39. The van der Waals surface area contributed by atoms with Crippen LogP contribution in [0.3, 0.4) is 0 Å². The van der Waals surface area contributed by atoms with Gasteiger partial charge in [0.15, 0.2) is 11.5 Å². The van der Waals surface area contributed by atoms with Crippen molar-refractivity contribution < 1.29 is 17.9 Å². The molecule has 0 bridgehead atoms. The average Bonchev–Trinajstić information content (AvgIpc) is 2.91. The van der Waals surface area contributed by atoms with E-state index in [2.05, 4.69) is 4.72 Å². The highest BCUT2D eigenvalue weighted by Crippen LogP contribution is 2.28. The summed E-state index contributed by atoms with van der Waals surface area (Å²) in [6.07, 6.45) is 0.478. The lowest BCUT2D eigenvalue weighted by Gasteiger charge is -2.16. The Morgan fingerprint density at radius 2 is 1.62 bits per heavy atom. The number of sulfonamides is 1. The highest BCUT2D eigenvalue weighted by Gasteiger charge is 2.20. The minimum atomic E-state index is -3.75. The number of fused-ring (bicyclic) bond motifs is 1. The van der Waals surface area contributed by atoms with E-state index in [-0.39, 0.29) is 16.6 Å². The average molecular weight is 420 g/mol. The zero-order valence-electron chi connectivity index (χ0n) is 17.1. The minimum absolute atomic E-state index is 0.116. The summed E-state index contributed by atoms with van der Waals surface area (Å²) in [6.45, 7) is 1.80. The number of ether oxygens (including phenoxy) is 2. The minimum Gasteiger partial charge on any atom is -0.493 e. The predicted octanol–water partition coefficient (Wildman–Crippen LogP) is 1.80. The van der Waals surface area contributed by atoms with E-state index in [4.69, 9.17) is 9.47 Å². The number of benzene rings is 2. The van der Waals surface area contributed by atoms with Crippen molar-refractivity contribution in [2.24, 2.45) is 14.1 Å². The van der Waals surface area contributed by atoms with Gasteiger partial charge in [-0.05, 0) is 49.2 Å². The summed E-state index contributed by atoms with van der Waals surface area (Å²) >= 11 is 0. The second kappa shape index (κ2) is 7.92. The van der Waals surface area contributed by atoms with Crippen LogP contribution < -0.4 is 19.9 Å². The van der Waals surface area contributed by atoms with Gasteiger partial charge in [-0.1, -0.05) is 6.07 Å². The van der Waals surface area contributed by atoms with Crippen LogP contribution in [0.2, 0.25) is 0 Å². The molecular weight excluding hydrogens is 394 g/mol. The molecule has 2 aromatic carbocycles. The van der Waals surface area contributed by atoms with E-state index >= 15 is 0 Å². The van der Waals surface area contributed by atoms with Crippen molar-refractivity contribution in [3.63, 3.8) is 0 Å². The monoisotopic (exact) mass is 419 g/mol. The Bertz CT molecular complexity index is 1210. The molecule has 156 valence electrons. The Hall–Kier alpha value is -2.78. The second-order valence-corrected chi connectivity index (χ2v) is 8.68. The summed E-state index contributed by atoms with van der Waals surface area (Å²) in [5.74, 6) is 1.21. The summed E-state index contributed by atoms with van der Waals surface area (Å²) in [6, 6.07) is 9.81. The van der Waals surface area contributed by atoms with Crippen LogP contribution in [0.1, 0.15) is 12.5 Å². The lowest BCUT2D eigenvalue weighted by Crippen LogP contribution is -2.34. The zero-order chi connectivity index (χ0) is 21.3. The maximum absolute atomic E-state index is 12.9. The fraction of sp³-hybridized carbons (Fsp3) is 0.350. The number of hydrogen-bond donors (Lipinski definition) is 1. The van der Waals surface area contributed by atoms with Crippen molar-refractivity contribution in [1.82, 2.24) is 13.9 Å². The normalized spacial score (nSPS) is 12.9.